The van der Waals surface area contributed by atoms with E-state index in [2.05, 4.69) is 10.6 Å². The molecule has 0 spiro atoms. The molecule has 0 saturated heterocycles. The van der Waals surface area contributed by atoms with Crippen molar-refractivity contribution in [3.8, 4) is 17.2 Å². The van der Waals surface area contributed by atoms with E-state index in [4.69, 9.17) is 14.2 Å². The van der Waals surface area contributed by atoms with Gasteiger partial charge in [0.25, 0.3) is 5.69 Å². The second kappa shape index (κ2) is 12.2. The van der Waals surface area contributed by atoms with Gasteiger partial charge in [-0.1, -0.05) is 36.4 Å². The van der Waals surface area contributed by atoms with Crippen LogP contribution in [0, 0.1) is 10.1 Å². The number of ether oxygens (including phenoxy) is 3. The highest BCUT2D eigenvalue weighted by Gasteiger charge is 2.14. The molecule has 0 atom stereocenters. The molecule has 0 heterocycles. The maximum Gasteiger partial charge on any atom is 0.292 e. The number of hydrogen-bond acceptors (Lipinski definition) is 7. The molecule has 3 aromatic rings. The van der Waals surface area contributed by atoms with Crippen LogP contribution in [0.5, 0.6) is 17.2 Å². The number of methoxy groups -OCH3 is 3. The summed E-state index contributed by atoms with van der Waals surface area (Å²) in [7, 11) is 4.73. The van der Waals surface area contributed by atoms with Crippen molar-refractivity contribution in [1.29, 1.82) is 0 Å². The van der Waals surface area contributed by atoms with E-state index in [1.54, 1.807) is 39.5 Å². The van der Waals surface area contributed by atoms with E-state index >= 15 is 0 Å². The van der Waals surface area contributed by atoms with Gasteiger partial charge in [-0.05, 0) is 41.0 Å². The minimum Gasteiger partial charge on any atom is -0.493 e. The molecule has 3 rings (SSSR count). The van der Waals surface area contributed by atoms with E-state index in [0.29, 0.717) is 30.3 Å². The molecule has 0 unspecified atom stereocenters. The average Bonchev–Trinajstić information content (AvgIpc) is 2.87. The maximum absolute atomic E-state index is 12.2. The molecule has 9 nitrogen and oxygen atoms in total. The van der Waals surface area contributed by atoms with Crippen molar-refractivity contribution in [2.75, 3.05) is 26.6 Å². The van der Waals surface area contributed by atoms with Gasteiger partial charge in [0.1, 0.15) is 5.69 Å². The van der Waals surface area contributed by atoms with Crippen molar-refractivity contribution < 1.29 is 23.9 Å². The molecule has 1 amide bonds. The largest absolute Gasteiger partial charge is 0.493 e. The number of para-hydroxylation sites is 2. The van der Waals surface area contributed by atoms with Crippen LogP contribution in [-0.4, -0.2) is 32.2 Å². The lowest BCUT2D eigenvalue weighted by atomic mass is 10.1. The van der Waals surface area contributed by atoms with Crippen LogP contribution in [0.15, 0.2) is 66.7 Å². The van der Waals surface area contributed by atoms with Crippen LogP contribution in [0.3, 0.4) is 0 Å². The van der Waals surface area contributed by atoms with Crippen molar-refractivity contribution in [2.24, 2.45) is 0 Å². The Balaban J connectivity index is 1.55. The Morgan fingerprint density at radius 3 is 2.14 bits per heavy atom. The SMILES string of the molecule is COc1cc(CNCc2ccc(/C=C\C(=O)Nc3ccccc3[N+](=O)[O-])cc2)cc(OC)c1OC. The second-order valence-corrected chi connectivity index (χ2v) is 7.48. The van der Waals surface area contributed by atoms with Crippen LogP contribution in [0.2, 0.25) is 0 Å². The number of benzene rings is 3. The van der Waals surface area contributed by atoms with Crippen molar-refractivity contribution in [3.05, 3.63) is 93.5 Å². The number of carbonyl (C=O) groups is 1. The zero-order valence-electron chi connectivity index (χ0n) is 19.7. The summed E-state index contributed by atoms with van der Waals surface area (Å²) in [5, 5.41) is 17.0. The Morgan fingerprint density at radius 1 is 0.914 bits per heavy atom. The summed E-state index contributed by atoms with van der Waals surface area (Å²) < 4.78 is 16.1. The molecule has 3 aromatic carbocycles. The quantitative estimate of drug-likeness (QED) is 0.236. The van der Waals surface area contributed by atoms with E-state index in [1.807, 2.05) is 36.4 Å². The van der Waals surface area contributed by atoms with Gasteiger partial charge >= 0.3 is 0 Å². The third-order valence-electron chi connectivity index (χ3n) is 5.15. The number of carbonyl (C=O) groups excluding carboxylic acids is 1. The van der Waals surface area contributed by atoms with E-state index in [0.717, 1.165) is 16.7 Å². The van der Waals surface area contributed by atoms with Crippen molar-refractivity contribution in [1.82, 2.24) is 5.32 Å². The first-order valence-electron chi connectivity index (χ1n) is 10.8. The van der Waals surface area contributed by atoms with Gasteiger partial charge in [-0.3, -0.25) is 14.9 Å². The molecular formula is C26H27N3O6. The third-order valence-corrected chi connectivity index (χ3v) is 5.15. The summed E-state index contributed by atoms with van der Waals surface area (Å²) in [6.07, 6.45) is 2.99. The van der Waals surface area contributed by atoms with E-state index in [-0.39, 0.29) is 11.4 Å². The minimum atomic E-state index is -0.534. The van der Waals surface area contributed by atoms with Crippen LogP contribution < -0.4 is 24.8 Å². The number of nitro benzene ring substituents is 1. The topological polar surface area (TPSA) is 112 Å². The highest BCUT2D eigenvalue weighted by atomic mass is 16.6. The highest BCUT2D eigenvalue weighted by molar-refractivity contribution is 6.03. The van der Waals surface area contributed by atoms with Gasteiger partial charge in [-0.2, -0.15) is 0 Å². The molecule has 0 aromatic heterocycles. The molecule has 0 aliphatic carbocycles. The molecule has 0 aliphatic heterocycles. The molecule has 9 heteroatoms. The third kappa shape index (κ3) is 6.81. The Labute approximate surface area is 203 Å². The zero-order valence-corrected chi connectivity index (χ0v) is 19.7. The Kier molecular flexibility index (Phi) is 8.80. The molecule has 0 radical (unpaired) electrons. The number of nitrogens with zero attached hydrogens (tertiary/aromatic N) is 1. The van der Waals surface area contributed by atoms with Gasteiger partial charge in [0.05, 0.1) is 26.3 Å². The van der Waals surface area contributed by atoms with E-state index in [9.17, 15) is 14.9 Å². The van der Waals surface area contributed by atoms with E-state index in [1.165, 1.54) is 18.2 Å². The number of anilines is 1. The second-order valence-electron chi connectivity index (χ2n) is 7.48. The molecule has 0 saturated carbocycles. The lowest BCUT2D eigenvalue weighted by Gasteiger charge is -2.14. The fourth-order valence-electron chi connectivity index (χ4n) is 3.42. The van der Waals surface area contributed by atoms with Crippen LogP contribution in [0.4, 0.5) is 11.4 Å². The van der Waals surface area contributed by atoms with Gasteiger partial charge < -0.3 is 24.8 Å². The molecule has 182 valence electrons. The standard InChI is InChI=1S/C26H27N3O6/c1-33-23-14-20(15-24(34-2)26(23)35-3)17-27-16-19-10-8-18(9-11-19)12-13-25(30)28-21-6-4-5-7-22(21)29(31)32/h4-15,27H,16-17H2,1-3H3,(H,28,30)/b13-12-. The lowest BCUT2D eigenvalue weighted by molar-refractivity contribution is -0.383. The molecule has 0 bridgehead atoms. The normalized spacial score (nSPS) is 10.7. The summed E-state index contributed by atoms with van der Waals surface area (Å²) in [6.45, 7) is 1.24. The van der Waals surface area contributed by atoms with Crippen LogP contribution >= 0.6 is 0 Å². The summed E-state index contributed by atoms with van der Waals surface area (Å²) in [4.78, 5) is 22.7. The maximum atomic E-state index is 12.2. The summed E-state index contributed by atoms with van der Waals surface area (Å²) >= 11 is 0. The summed E-state index contributed by atoms with van der Waals surface area (Å²) in [6, 6.07) is 17.5. The monoisotopic (exact) mass is 477 g/mol. The number of hydrogen-bond donors (Lipinski definition) is 2. The first-order valence-corrected chi connectivity index (χ1v) is 10.8. The fraction of sp³-hybridized carbons (Fsp3) is 0.192. The number of nitrogens with one attached hydrogen (secondary N) is 2. The first-order chi connectivity index (χ1) is 16.9. The zero-order chi connectivity index (χ0) is 25.2. The van der Waals surface area contributed by atoms with E-state index < -0.39 is 10.8 Å². The minimum absolute atomic E-state index is 0.153. The number of rotatable bonds is 11. The number of amides is 1. The first kappa shape index (κ1) is 25.3. The highest BCUT2D eigenvalue weighted by Crippen LogP contribution is 2.38. The summed E-state index contributed by atoms with van der Waals surface area (Å²) in [5.74, 6) is 1.31. The van der Waals surface area contributed by atoms with Crippen LogP contribution in [-0.2, 0) is 17.9 Å². The molecular weight excluding hydrogens is 450 g/mol. The van der Waals surface area contributed by atoms with Crippen molar-refractivity contribution >= 4 is 23.4 Å². The molecule has 35 heavy (non-hydrogen) atoms. The van der Waals surface area contributed by atoms with Gasteiger partial charge in [0.2, 0.25) is 11.7 Å². The van der Waals surface area contributed by atoms with Crippen LogP contribution in [0.25, 0.3) is 6.08 Å². The van der Waals surface area contributed by atoms with Crippen molar-refractivity contribution in [3.63, 3.8) is 0 Å². The predicted octanol–water partition coefficient (Wildman–Crippen LogP) is 4.56. The van der Waals surface area contributed by atoms with Gasteiger partial charge in [-0.25, -0.2) is 0 Å². The molecule has 2 N–H and O–H groups in total. The Bertz CT molecular complexity index is 1180. The fourth-order valence-corrected chi connectivity index (χ4v) is 3.42. The number of nitro groups is 1. The molecule has 0 aliphatic rings. The smallest absolute Gasteiger partial charge is 0.292 e. The lowest BCUT2D eigenvalue weighted by Crippen LogP contribution is -2.13. The Hall–Kier alpha value is -4.37. The van der Waals surface area contributed by atoms with Gasteiger partial charge in [0, 0.05) is 25.2 Å². The van der Waals surface area contributed by atoms with Crippen LogP contribution in [0.1, 0.15) is 16.7 Å². The van der Waals surface area contributed by atoms with Gasteiger partial charge in [0.15, 0.2) is 11.5 Å². The Morgan fingerprint density at radius 2 is 1.54 bits per heavy atom. The summed E-state index contributed by atoms with van der Waals surface area (Å²) in [5.41, 5.74) is 2.89. The average molecular weight is 478 g/mol. The molecule has 0 fully saturated rings. The predicted molar refractivity (Wildman–Crippen MR) is 134 cm³/mol. The van der Waals surface area contributed by atoms with Gasteiger partial charge in [-0.15, -0.1) is 0 Å². The van der Waals surface area contributed by atoms with Crippen molar-refractivity contribution in [2.45, 2.75) is 13.1 Å².